The number of nitrogens with two attached hydrogens (primary N) is 1. The lowest BCUT2D eigenvalue weighted by atomic mass is 10.00. The van der Waals surface area contributed by atoms with Gasteiger partial charge in [-0.3, -0.25) is 4.79 Å². The van der Waals surface area contributed by atoms with Crippen molar-refractivity contribution >= 4 is 21.4 Å². The van der Waals surface area contributed by atoms with E-state index in [-0.39, 0.29) is 16.3 Å². The predicted octanol–water partition coefficient (Wildman–Crippen LogP) is 1.55. The maximum absolute atomic E-state index is 11.7. The molecule has 0 aliphatic heterocycles. The van der Waals surface area contributed by atoms with Gasteiger partial charge in [0.1, 0.15) is 0 Å². The van der Waals surface area contributed by atoms with Crippen LogP contribution < -0.4 is 11.1 Å². The molecule has 0 radical (unpaired) electrons. The largest absolute Gasteiger partial charge is 0.326 e. The van der Waals surface area contributed by atoms with Crippen LogP contribution in [0.1, 0.15) is 26.7 Å². The number of amides is 1. The van der Waals surface area contributed by atoms with E-state index in [0.29, 0.717) is 18.5 Å². The molecule has 6 heteroatoms. The summed E-state index contributed by atoms with van der Waals surface area (Å²) >= 11 is 0. The first kappa shape index (κ1) is 15.7. The molecule has 0 aliphatic carbocycles. The van der Waals surface area contributed by atoms with Crippen LogP contribution in [0, 0.1) is 0 Å². The first-order valence-electron chi connectivity index (χ1n) is 5.97. The van der Waals surface area contributed by atoms with Gasteiger partial charge in [0, 0.05) is 23.9 Å². The SMILES string of the molecule is CC(C)(N)CCC(=O)Nc1ccc(S(C)(=O)=O)cc1. The van der Waals surface area contributed by atoms with Gasteiger partial charge in [0.2, 0.25) is 5.91 Å². The van der Waals surface area contributed by atoms with Crippen molar-refractivity contribution in [2.75, 3.05) is 11.6 Å². The van der Waals surface area contributed by atoms with Gasteiger partial charge < -0.3 is 11.1 Å². The van der Waals surface area contributed by atoms with E-state index < -0.39 is 9.84 Å². The third-order valence-electron chi connectivity index (χ3n) is 2.56. The number of benzene rings is 1. The molecule has 1 amide bonds. The van der Waals surface area contributed by atoms with Gasteiger partial charge in [-0.2, -0.15) is 0 Å². The van der Waals surface area contributed by atoms with Crippen LogP contribution in [0.3, 0.4) is 0 Å². The summed E-state index contributed by atoms with van der Waals surface area (Å²) in [5.41, 5.74) is 6.00. The number of nitrogens with one attached hydrogen (secondary N) is 1. The summed E-state index contributed by atoms with van der Waals surface area (Å²) in [6.07, 6.45) is 2.06. The van der Waals surface area contributed by atoms with Gasteiger partial charge in [-0.25, -0.2) is 8.42 Å². The maximum atomic E-state index is 11.7. The molecule has 0 fully saturated rings. The molecule has 1 aromatic rings. The Balaban J connectivity index is 2.61. The van der Waals surface area contributed by atoms with Crippen LogP contribution in [0.25, 0.3) is 0 Å². The topological polar surface area (TPSA) is 89.3 Å². The minimum absolute atomic E-state index is 0.134. The van der Waals surface area contributed by atoms with Crippen molar-refractivity contribution in [3.05, 3.63) is 24.3 Å². The van der Waals surface area contributed by atoms with Crippen molar-refractivity contribution in [3.8, 4) is 0 Å². The molecular weight excluding hydrogens is 264 g/mol. The van der Waals surface area contributed by atoms with Gasteiger partial charge in [0.25, 0.3) is 0 Å². The molecule has 106 valence electrons. The highest BCUT2D eigenvalue weighted by atomic mass is 32.2. The molecule has 5 nitrogen and oxygen atoms in total. The minimum atomic E-state index is -3.21. The van der Waals surface area contributed by atoms with E-state index in [9.17, 15) is 13.2 Å². The lowest BCUT2D eigenvalue weighted by Gasteiger charge is -2.17. The van der Waals surface area contributed by atoms with Crippen molar-refractivity contribution in [2.45, 2.75) is 37.1 Å². The summed E-state index contributed by atoms with van der Waals surface area (Å²) in [6, 6.07) is 6.08. The summed E-state index contributed by atoms with van der Waals surface area (Å²) in [4.78, 5) is 11.9. The molecule has 19 heavy (non-hydrogen) atoms. The van der Waals surface area contributed by atoms with E-state index in [1.807, 2.05) is 13.8 Å². The lowest BCUT2D eigenvalue weighted by molar-refractivity contribution is -0.116. The average molecular weight is 284 g/mol. The quantitative estimate of drug-likeness (QED) is 0.858. The molecule has 3 N–H and O–H groups in total. The molecule has 0 saturated carbocycles. The van der Waals surface area contributed by atoms with E-state index in [1.165, 1.54) is 12.1 Å². The van der Waals surface area contributed by atoms with Gasteiger partial charge in [0.05, 0.1) is 4.90 Å². The Kier molecular flexibility index (Phi) is 4.70. The van der Waals surface area contributed by atoms with Crippen molar-refractivity contribution in [1.82, 2.24) is 0 Å². The van der Waals surface area contributed by atoms with E-state index >= 15 is 0 Å². The smallest absolute Gasteiger partial charge is 0.224 e. The van der Waals surface area contributed by atoms with E-state index in [0.717, 1.165) is 6.26 Å². The Morgan fingerprint density at radius 1 is 1.26 bits per heavy atom. The third-order valence-corrected chi connectivity index (χ3v) is 3.69. The van der Waals surface area contributed by atoms with Gasteiger partial charge in [0.15, 0.2) is 9.84 Å². The molecular formula is C13H20N2O3S. The van der Waals surface area contributed by atoms with Gasteiger partial charge in [-0.1, -0.05) is 0 Å². The Morgan fingerprint density at radius 2 is 1.79 bits per heavy atom. The van der Waals surface area contributed by atoms with Gasteiger partial charge in [-0.15, -0.1) is 0 Å². The van der Waals surface area contributed by atoms with Crippen LogP contribution >= 0.6 is 0 Å². The second kappa shape index (κ2) is 5.71. The Labute approximate surface area is 114 Å². The summed E-state index contributed by atoms with van der Waals surface area (Å²) in [7, 11) is -3.21. The first-order chi connectivity index (χ1) is 8.58. The highest BCUT2D eigenvalue weighted by Gasteiger charge is 2.13. The Bertz CT molecular complexity index is 542. The second-order valence-corrected chi connectivity index (χ2v) is 7.35. The number of anilines is 1. The van der Waals surface area contributed by atoms with Crippen molar-refractivity contribution in [2.24, 2.45) is 5.73 Å². The Morgan fingerprint density at radius 3 is 2.21 bits per heavy atom. The zero-order chi connectivity index (χ0) is 14.7. The fourth-order valence-electron chi connectivity index (χ4n) is 1.44. The molecule has 0 heterocycles. The standard InChI is InChI=1S/C13H20N2O3S/c1-13(2,14)9-8-12(16)15-10-4-6-11(7-5-10)19(3,17)18/h4-7H,8-9,14H2,1-3H3,(H,15,16). The highest BCUT2D eigenvalue weighted by molar-refractivity contribution is 7.90. The number of carbonyl (C=O) groups excluding carboxylic acids is 1. The zero-order valence-corrected chi connectivity index (χ0v) is 12.3. The van der Waals surface area contributed by atoms with E-state index in [2.05, 4.69) is 5.32 Å². The minimum Gasteiger partial charge on any atom is -0.326 e. The summed E-state index contributed by atoms with van der Waals surface area (Å²) in [5, 5.41) is 2.70. The molecule has 1 aromatic carbocycles. The third kappa shape index (κ3) is 5.85. The molecule has 0 aliphatic rings. The van der Waals surface area contributed by atoms with E-state index in [4.69, 9.17) is 5.73 Å². The van der Waals surface area contributed by atoms with Crippen molar-refractivity contribution in [3.63, 3.8) is 0 Å². The van der Waals surface area contributed by atoms with Gasteiger partial charge >= 0.3 is 0 Å². The van der Waals surface area contributed by atoms with Crippen LogP contribution in [0.4, 0.5) is 5.69 Å². The highest BCUT2D eigenvalue weighted by Crippen LogP contribution is 2.15. The molecule has 0 spiro atoms. The molecule has 0 bridgehead atoms. The molecule has 1 rings (SSSR count). The lowest BCUT2D eigenvalue weighted by Crippen LogP contribution is -2.33. The van der Waals surface area contributed by atoms with Crippen LogP contribution in [0.5, 0.6) is 0 Å². The van der Waals surface area contributed by atoms with Gasteiger partial charge in [-0.05, 0) is 44.5 Å². The van der Waals surface area contributed by atoms with Crippen LogP contribution in [-0.2, 0) is 14.6 Å². The number of hydrogen-bond acceptors (Lipinski definition) is 4. The van der Waals surface area contributed by atoms with Crippen LogP contribution in [0.2, 0.25) is 0 Å². The van der Waals surface area contributed by atoms with Crippen molar-refractivity contribution in [1.29, 1.82) is 0 Å². The average Bonchev–Trinajstić information content (AvgIpc) is 2.25. The van der Waals surface area contributed by atoms with Crippen molar-refractivity contribution < 1.29 is 13.2 Å². The molecule has 0 unspecified atom stereocenters. The second-order valence-electron chi connectivity index (χ2n) is 5.33. The van der Waals surface area contributed by atoms with Crippen LogP contribution in [0.15, 0.2) is 29.2 Å². The molecule has 0 saturated heterocycles. The Hall–Kier alpha value is -1.40. The summed E-state index contributed by atoms with van der Waals surface area (Å²) in [5.74, 6) is -0.134. The van der Waals surface area contributed by atoms with Crippen LogP contribution in [-0.4, -0.2) is 26.1 Å². The number of hydrogen-bond donors (Lipinski definition) is 2. The number of carbonyl (C=O) groups is 1. The number of rotatable bonds is 5. The normalized spacial score (nSPS) is 12.2. The zero-order valence-electron chi connectivity index (χ0n) is 11.4. The first-order valence-corrected chi connectivity index (χ1v) is 7.86. The molecule has 0 aromatic heterocycles. The van der Waals surface area contributed by atoms with E-state index in [1.54, 1.807) is 12.1 Å². The summed E-state index contributed by atoms with van der Waals surface area (Å²) in [6.45, 7) is 3.72. The number of sulfone groups is 1. The molecule has 0 atom stereocenters. The fraction of sp³-hybridized carbons (Fsp3) is 0.462. The predicted molar refractivity (Wildman–Crippen MR) is 75.7 cm³/mol. The monoisotopic (exact) mass is 284 g/mol. The maximum Gasteiger partial charge on any atom is 0.224 e. The fourth-order valence-corrected chi connectivity index (χ4v) is 2.08. The summed E-state index contributed by atoms with van der Waals surface area (Å²) < 4.78 is 22.6.